The quantitative estimate of drug-likeness (QED) is 0.0436. The third kappa shape index (κ3) is 12.0. The van der Waals surface area contributed by atoms with E-state index in [4.69, 9.17) is 40.5 Å². The number of hydrogen-bond acceptors (Lipinski definition) is 14. The number of nitro groups is 2. The SMILES string of the molecule is CNC(=O)c1ccccc1N(C)c1nc(Cl)ncc1Cl.CNC(=O)c1ccccc1N(C)c1nc(Nc2cc([N+](=O)[O-])ccc2C)ncc1Cl.Cc1ccc([N+](=O)[O-])cc1N. The van der Waals surface area contributed by atoms with Gasteiger partial charge in [-0.2, -0.15) is 9.97 Å². The summed E-state index contributed by atoms with van der Waals surface area (Å²) in [5.41, 5.74) is 10.3. The number of nitrogens with two attached hydrogens (primary N) is 1. The summed E-state index contributed by atoms with van der Waals surface area (Å²) in [7, 11) is 6.62. The van der Waals surface area contributed by atoms with E-state index < -0.39 is 9.85 Å². The Kier molecular flexibility index (Phi) is 16.2. The maximum Gasteiger partial charge on any atom is 0.271 e. The topological polar surface area (TPSA) is 241 Å². The highest BCUT2D eigenvalue weighted by atomic mass is 35.5. The minimum absolute atomic E-state index is 0.0353. The number of aromatic nitrogens is 4. The van der Waals surface area contributed by atoms with Crippen molar-refractivity contribution in [2.75, 3.05) is 49.0 Å². The van der Waals surface area contributed by atoms with Gasteiger partial charge in [0.05, 0.1) is 50.4 Å². The molecule has 316 valence electrons. The number of hydrogen-bond donors (Lipinski definition) is 4. The van der Waals surface area contributed by atoms with Gasteiger partial charge >= 0.3 is 0 Å². The molecule has 0 spiro atoms. The van der Waals surface area contributed by atoms with Crippen molar-refractivity contribution in [1.82, 2.24) is 30.6 Å². The van der Waals surface area contributed by atoms with Gasteiger partial charge in [-0.15, -0.1) is 0 Å². The number of non-ortho nitro benzene ring substituents is 2. The van der Waals surface area contributed by atoms with Gasteiger partial charge in [0.15, 0.2) is 11.6 Å². The van der Waals surface area contributed by atoms with Crippen molar-refractivity contribution in [3.8, 4) is 0 Å². The number of nitrogen functional groups attached to an aromatic ring is 1. The van der Waals surface area contributed by atoms with E-state index in [1.54, 1.807) is 99.5 Å². The van der Waals surface area contributed by atoms with Crippen LogP contribution in [0.2, 0.25) is 15.3 Å². The third-order valence-corrected chi connectivity index (χ3v) is 9.40. The molecule has 18 nitrogen and oxygen atoms in total. The van der Waals surface area contributed by atoms with Crippen molar-refractivity contribution in [3.05, 3.63) is 155 Å². The number of para-hydroxylation sites is 2. The first-order valence-corrected chi connectivity index (χ1v) is 18.9. The number of rotatable bonds is 10. The first kappa shape index (κ1) is 46.5. The molecule has 6 aromatic rings. The Bertz CT molecular complexity index is 2580. The summed E-state index contributed by atoms with van der Waals surface area (Å²) in [5, 5.41) is 30.2. The number of nitro benzene ring substituents is 2. The lowest BCUT2D eigenvalue weighted by atomic mass is 10.1. The molecule has 0 bridgehead atoms. The first-order valence-electron chi connectivity index (χ1n) is 17.8. The molecule has 0 aliphatic rings. The maximum atomic E-state index is 12.2. The van der Waals surface area contributed by atoms with Crippen LogP contribution in [-0.2, 0) is 0 Å². The smallest absolute Gasteiger partial charge is 0.271 e. The number of aryl methyl sites for hydroxylation is 2. The van der Waals surface area contributed by atoms with E-state index in [9.17, 15) is 29.8 Å². The van der Waals surface area contributed by atoms with Gasteiger partial charge in [0.2, 0.25) is 11.2 Å². The van der Waals surface area contributed by atoms with Gasteiger partial charge in [-0.1, -0.05) is 59.6 Å². The van der Waals surface area contributed by atoms with E-state index in [1.165, 1.54) is 36.7 Å². The van der Waals surface area contributed by atoms with Crippen LogP contribution in [0.4, 0.5) is 51.7 Å². The van der Waals surface area contributed by atoms with Crippen LogP contribution in [0.25, 0.3) is 0 Å². The highest BCUT2D eigenvalue weighted by Gasteiger charge is 2.20. The van der Waals surface area contributed by atoms with Gasteiger partial charge < -0.3 is 31.5 Å². The molecule has 2 heterocycles. The first-order chi connectivity index (χ1) is 29.0. The summed E-state index contributed by atoms with van der Waals surface area (Å²) in [6.45, 7) is 3.62. The molecule has 6 rings (SSSR count). The van der Waals surface area contributed by atoms with Crippen LogP contribution in [0.15, 0.2) is 97.3 Å². The van der Waals surface area contributed by atoms with Gasteiger partial charge in [0.1, 0.15) is 10.0 Å². The number of amides is 2. The molecule has 0 fully saturated rings. The fourth-order valence-electron chi connectivity index (χ4n) is 5.36. The Morgan fingerprint density at radius 3 is 1.62 bits per heavy atom. The average Bonchev–Trinajstić information content (AvgIpc) is 3.26. The molecule has 0 unspecified atom stereocenters. The summed E-state index contributed by atoms with van der Waals surface area (Å²) in [5.74, 6) is 0.579. The molecule has 5 N–H and O–H groups in total. The predicted octanol–water partition coefficient (Wildman–Crippen LogP) is 8.61. The van der Waals surface area contributed by atoms with Crippen molar-refractivity contribution in [1.29, 1.82) is 0 Å². The fourth-order valence-corrected chi connectivity index (χ4v) is 5.92. The largest absolute Gasteiger partial charge is 0.398 e. The van der Waals surface area contributed by atoms with Crippen LogP contribution in [0, 0.1) is 34.1 Å². The van der Waals surface area contributed by atoms with Crippen LogP contribution >= 0.6 is 34.8 Å². The summed E-state index contributed by atoms with van der Waals surface area (Å²) < 4.78 is 0. The Balaban J connectivity index is 0.000000226. The fraction of sp³-hybridized carbons (Fsp3) is 0.150. The number of nitrogens with one attached hydrogen (secondary N) is 3. The highest BCUT2D eigenvalue weighted by Crippen LogP contribution is 2.33. The Morgan fingerprint density at radius 1 is 0.672 bits per heavy atom. The van der Waals surface area contributed by atoms with E-state index in [0.717, 1.165) is 11.1 Å². The van der Waals surface area contributed by atoms with Gasteiger partial charge in [-0.25, -0.2) is 9.97 Å². The number of anilines is 7. The monoisotopic (exact) mass is 888 g/mol. The second kappa shape index (κ2) is 21.2. The molecule has 0 aliphatic carbocycles. The zero-order valence-electron chi connectivity index (χ0n) is 33.5. The van der Waals surface area contributed by atoms with E-state index in [2.05, 4.69) is 35.9 Å². The lowest BCUT2D eigenvalue weighted by Gasteiger charge is -2.22. The number of nitrogens with zero attached hydrogens (tertiary/aromatic N) is 8. The average molecular weight is 890 g/mol. The molecule has 0 radical (unpaired) electrons. The second-order valence-electron chi connectivity index (χ2n) is 12.7. The van der Waals surface area contributed by atoms with Crippen molar-refractivity contribution >= 4 is 98.3 Å². The molecule has 61 heavy (non-hydrogen) atoms. The van der Waals surface area contributed by atoms with Gasteiger partial charge in [0, 0.05) is 58.1 Å². The van der Waals surface area contributed by atoms with E-state index in [-0.39, 0.29) is 39.4 Å². The lowest BCUT2D eigenvalue weighted by molar-refractivity contribution is -0.385. The van der Waals surface area contributed by atoms with Crippen LogP contribution in [0.3, 0.4) is 0 Å². The van der Waals surface area contributed by atoms with Gasteiger partial charge in [0.25, 0.3) is 23.2 Å². The third-order valence-electron chi connectivity index (χ3n) is 8.68. The molecule has 2 aromatic heterocycles. The van der Waals surface area contributed by atoms with E-state index in [0.29, 0.717) is 50.5 Å². The zero-order chi connectivity index (χ0) is 45.0. The van der Waals surface area contributed by atoms with Crippen molar-refractivity contribution in [3.63, 3.8) is 0 Å². The van der Waals surface area contributed by atoms with Crippen molar-refractivity contribution in [2.45, 2.75) is 13.8 Å². The van der Waals surface area contributed by atoms with Gasteiger partial charge in [-0.05, 0) is 60.8 Å². The number of carbonyl (C=O) groups is 2. The van der Waals surface area contributed by atoms with Crippen molar-refractivity contribution < 1.29 is 19.4 Å². The van der Waals surface area contributed by atoms with Crippen molar-refractivity contribution in [2.24, 2.45) is 0 Å². The van der Waals surface area contributed by atoms with E-state index >= 15 is 0 Å². The van der Waals surface area contributed by atoms with Crippen LogP contribution in [0.5, 0.6) is 0 Å². The number of carbonyl (C=O) groups excluding carboxylic acids is 2. The standard InChI is InChI=1S/C20H19ClN6O3.C13H12Cl2N4O.C7H8N2O2/c1-12-8-9-13(27(29)30)10-16(12)24-20-23-11-15(21)18(25-20)26(3)17-7-5-4-6-14(17)19(28)22-2;1-16-12(20)8-5-3-4-6-10(8)19(2)11-9(14)7-17-13(15)18-11;1-5-2-3-6(9(10)11)4-7(5)8/h4-11H,1-3H3,(H,22,28)(H,23,24,25);3-7H,1-2H3,(H,16,20);2-4H,8H2,1H3. The predicted molar refractivity (Wildman–Crippen MR) is 238 cm³/mol. The van der Waals surface area contributed by atoms with Crippen LogP contribution in [0.1, 0.15) is 31.8 Å². The zero-order valence-corrected chi connectivity index (χ0v) is 35.7. The second-order valence-corrected chi connectivity index (χ2v) is 13.8. The summed E-state index contributed by atoms with van der Waals surface area (Å²) in [6.07, 6.45) is 2.85. The highest BCUT2D eigenvalue weighted by molar-refractivity contribution is 6.34. The summed E-state index contributed by atoms with van der Waals surface area (Å²) >= 11 is 18.2. The Morgan fingerprint density at radius 2 is 1.13 bits per heavy atom. The molecule has 0 atom stereocenters. The Labute approximate surface area is 365 Å². The minimum Gasteiger partial charge on any atom is -0.398 e. The molecule has 0 aliphatic heterocycles. The van der Waals surface area contributed by atoms with Gasteiger partial charge in [-0.3, -0.25) is 29.8 Å². The number of halogens is 3. The van der Waals surface area contributed by atoms with E-state index in [1.807, 2.05) is 13.0 Å². The van der Waals surface area contributed by atoms with Crippen LogP contribution < -0.4 is 31.5 Å². The molecular weight excluding hydrogens is 851 g/mol. The molecule has 21 heteroatoms. The number of benzene rings is 4. The molecule has 4 aromatic carbocycles. The maximum absolute atomic E-state index is 12.2. The molecule has 0 saturated carbocycles. The summed E-state index contributed by atoms with van der Waals surface area (Å²) in [4.78, 5) is 64.4. The normalized spacial score (nSPS) is 10.2. The van der Waals surface area contributed by atoms with Crippen LogP contribution in [-0.4, -0.2) is 69.8 Å². The molecule has 0 saturated heterocycles. The summed E-state index contributed by atoms with van der Waals surface area (Å²) in [6, 6.07) is 23.1. The Hall–Kier alpha value is -7.15. The lowest BCUT2D eigenvalue weighted by Crippen LogP contribution is -2.22. The molecule has 2 amide bonds. The minimum atomic E-state index is -0.470. The molecular formula is C40H39Cl3N12O6.